The molecule has 0 amide bonds. The van der Waals surface area contributed by atoms with Crippen molar-refractivity contribution < 1.29 is 81.6 Å². The molecule has 0 aliphatic rings. The van der Waals surface area contributed by atoms with Crippen LogP contribution in [-0.2, 0) is 9.13 Å². The Morgan fingerprint density at radius 1 is 0.550 bits per heavy atom. The van der Waals surface area contributed by atoms with Crippen molar-refractivity contribution in [3.05, 3.63) is 204 Å². The number of para-hydroxylation sites is 1. The van der Waals surface area contributed by atoms with Crippen molar-refractivity contribution in [3.8, 4) is 11.4 Å². The minimum atomic E-state index is -5.30. The van der Waals surface area contributed by atoms with E-state index in [0.29, 0.717) is 29.5 Å². The van der Waals surface area contributed by atoms with E-state index < -0.39 is 43.1 Å². The van der Waals surface area contributed by atoms with Gasteiger partial charge in [-0.25, -0.2) is 0 Å². The summed E-state index contributed by atoms with van der Waals surface area (Å²) < 4.78 is 69.0. The first-order chi connectivity index (χ1) is 28.4. The van der Waals surface area contributed by atoms with Crippen LogP contribution >= 0.6 is 14.3 Å². The molecular weight excluding hydrogens is 941 g/mol. The molecule has 0 fully saturated rings. The van der Waals surface area contributed by atoms with Crippen LogP contribution in [0.4, 0.5) is 13.2 Å². The van der Waals surface area contributed by atoms with Crippen LogP contribution < -0.4 is 26.8 Å². The van der Waals surface area contributed by atoms with Gasteiger partial charge in [0.2, 0.25) is 0 Å². The van der Waals surface area contributed by atoms with Crippen LogP contribution in [0.1, 0.15) is 16.8 Å². The number of rotatable bonds is 10. The summed E-state index contributed by atoms with van der Waals surface area (Å²) in [4.78, 5) is 24.9. The molecule has 60 heavy (non-hydrogen) atoms. The molecule has 0 aliphatic heterocycles. The number of carbonyl (C=O) groups is 1. The minimum Gasteiger partial charge on any atom is -0.506 e. The third kappa shape index (κ3) is 9.29. The maximum absolute atomic E-state index is 14.3. The first-order valence-electron chi connectivity index (χ1n) is 18.8. The number of hydrogen-bond donors (Lipinski definition) is 1. The summed E-state index contributed by atoms with van der Waals surface area (Å²) in [7, 11) is -5.63. The van der Waals surface area contributed by atoms with Crippen molar-refractivity contribution in [2.45, 2.75) is 12.6 Å². The summed E-state index contributed by atoms with van der Waals surface area (Å²) in [6.07, 6.45) is -3.71. The Hall–Kier alpha value is -4.69. The van der Waals surface area contributed by atoms with Gasteiger partial charge in [0.05, 0.1) is 5.52 Å². The molecule has 0 saturated carbocycles. The fraction of sp³-hybridized carbons (Fsp3) is 0.0833. The van der Waals surface area contributed by atoms with Crippen LogP contribution in [0.25, 0.3) is 27.4 Å². The van der Waals surface area contributed by atoms with Gasteiger partial charge in [-0.15, -0.1) is 0 Å². The van der Waals surface area contributed by atoms with E-state index in [4.69, 9.17) is 0 Å². The standard InChI is InChI=1S/C27H26O2P2.C21H12F3NO3.Eu/c28-30(24-14-5-1-6-15-24,25-16-7-2-8-17-25)22-13-23-31(29,26-18-9-3-10-19-26)27-20-11-4-12-21-27;22-21(23,24)19(27)17-18(26)16-14-9-5-4-6-12(14)10-11-15(16)25(20(17)28)13-7-2-1-3-8-13;/h1-12,14-21H,13,22-23H2;1-11,26H;. The molecule has 0 unspecified atom stereocenters. The molecular formula is C48H38EuF3NO5P2. The van der Waals surface area contributed by atoms with Gasteiger partial charge in [0.1, 0.15) is 25.6 Å². The largest absolute Gasteiger partial charge is 0.506 e. The molecule has 6 nitrogen and oxygen atoms in total. The summed E-state index contributed by atoms with van der Waals surface area (Å²) in [5.74, 6) is -3.35. The van der Waals surface area contributed by atoms with Crippen molar-refractivity contribution in [3.63, 3.8) is 0 Å². The Bertz CT molecular complexity index is 2710. The van der Waals surface area contributed by atoms with E-state index in [0.717, 1.165) is 25.8 Å². The van der Waals surface area contributed by atoms with Crippen LogP contribution in [0, 0.1) is 49.4 Å². The zero-order valence-electron chi connectivity index (χ0n) is 32.0. The number of alkyl halides is 3. The number of halogens is 3. The maximum atomic E-state index is 14.3. The number of benzene rings is 7. The molecule has 0 saturated heterocycles. The molecule has 8 aromatic rings. The van der Waals surface area contributed by atoms with Crippen LogP contribution in [0.2, 0.25) is 0 Å². The van der Waals surface area contributed by atoms with Gasteiger partial charge in [-0.2, -0.15) is 13.2 Å². The Morgan fingerprint density at radius 2 is 0.933 bits per heavy atom. The smallest absolute Gasteiger partial charge is 0.455 e. The molecule has 7 aromatic carbocycles. The first-order valence-corrected chi connectivity index (χ1v) is 22.6. The summed E-state index contributed by atoms with van der Waals surface area (Å²) in [6, 6.07) is 56.8. The molecule has 1 N–H and O–H groups in total. The van der Waals surface area contributed by atoms with Gasteiger partial charge >= 0.3 is 6.18 Å². The quantitative estimate of drug-likeness (QED) is 0.0838. The molecule has 0 aliphatic carbocycles. The van der Waals surface area contributed by atoms with Crippen molar-refractivity contribution in [2.75, 3.05) is 12.3 Å². The Labute approximate surface area is 386 Å². The van der Waals surface area contributed by atoms with E-state index in [1.54, 1.807) is 48.5 Å². The van der Waals surface area contributed by atoms with Crippen molar-refractivity contribution in [1.82, 2.24) is 4.57 Å². The van der Waals surface area contributed by atoms with Gasteiger partial charge in [0.25, 0.3) is 11.3 Å². The fourth-order valence-corrected chi connectivity index (χ4v) is 13.0. The van der Waals surface area contributed by atoms with Gasteiger partial charge in [0, 0.05) is 94.0 Å². The third-order valence-electron chi connectivity index (χ3n) is 10.2. The van der Waals surface area contributed by atoms with Crippen LogP contribution in [0.5, 0.6) is 5.75 Å². The zero-order valence-corrected chi connectivity index (χ0v) is 36.2. The molecule has 0 bridgehead atoms. The fourth-order valence-electron chi connectivity index (χ4n) is 7.33. The average molecular weight is 980 g/mol. The summed E-state index contributed by atoms with van der Waals surface area (Å²) >= 11 is 0. The number of aromatic hydroxyl groups is 1. The van der Waals surface area contributed by atoms with E-state index in [9.17, 15) is 37.0 Å². The number of aromatic nitrogens is 1. The van der Waals surface area contributed by atoms with E-state index in [1.807, 2.05) is 121 Å². The minimum absolute atomic E-state index is 0. The number of nitrogens with zero attached hydrogens (tertiary/aromatic N) is 1. The molecule has 1 radical (unpaired) electrons. The monoisotopic (exact) mass is 980 g/mol. The van der Waals surface area contributed by atoms with Gasteiger partial charge in [-0.05, 0) is 35.4 Å². The topological polar surface area (TPSA) is 93.4 Å². The molecule has 8 rings (SSSR count). The van der Waals surface area contributed by atoms with Crippen molar-refractivity contribution in [2.24, 2.45) is 0 Å². The van der Waals surface area contributed by atoms with Gasteiger partial charge in [-0.1, -0.05) is 170 Å². The summed E-state index contributed by atoms with van der Waals surface area (Å²) in [6.45, 7) is 0. The zero-order chi connectivity index (χ0) is 41.6. The van der Waals surface area contributed by atoms with Crippen LogP contribution in [-0.4, -0.2) is 34.0 Å². The summed E-state index contributed by atoms with van der Waals surface area (Å²) in [5.41, 5.74) is -2.04. The predicted octanol–water partition coefficient (Wildman–Crippen LogP) is 10.00. The molecule has 12 heteroatoms. The van der Waals surface area contributed by atoms with E-state index in [-0.39, 0.29) is 66.0 Å². The van der Waals surface area contributed by atoms with Gasteiger partial charge in [-0.3, -0.25) is 14.2 Å². The van der Waals surface area contributed by atoms with Gasteiger partial charge < -0.3 is 14.2 Å². The molecule has 0 atom stereocenters. The molecule has 303 valence electrons. The number of Topliss-reactive ketones (excluding diaryl/α,β-unsaturated/α-hetero) is 1. The SMILES string of the molecule is O=C(c1c(O)c2c3ccccc3ccc2n(-c2ccccc2)c1=O)C(F)(F)F.O=P(CCCP(=O)(c1ccccc1)c1ccccc1)(c1ccccc1)c1ccccc1.[Eu]. The second kappa shape index (κ2) is 19.4. The molecule has 0 spiro atoms. The number of fused-ring (bicyclic) bond motifs is 3. The van der Waals surface area contributed by atoms with Crippen LogP contribution in [0.3, 0.4) is 0 Å². The van der Waals surface area contributed by atoms with Gasteiger partial charge in [0.15, 0.2) is 0 Å². The number of carbonyl (C=O) groups excluding carboxylic acids is 1. The van der Waals surface area contributed by atoms with E-state index in [2.05, 4.69) is 0 Å². The Kier molecular flexibility index (Phi) is 14.5. The Morgan fingerprint density at radius 3 is 1.35 bits per heavy atom. The average Bonchev–Trinajstić information content (AvgIpc) is 3.27. The van der Waals surface area contributed by atoms with E-state index >= 15 is 0 Å². The molecule has 1 heterocycles. The maximum Gasteiger partial charge on any atom is 0.455 e. The second-order valence-corrected chi connectivity index (χ2v) is 19.7. The normalized spacial score (nSPS) is 11.7. The van der Waals surface area contributed by atoms with Crippen molar-refractivity contribution >= 4 is 63.0 Å². The van der Waals surface area contributed by atoms with E-state index in [1.165, 1.54) is 18.2 Å². The second-order valence-electron chi connectivity index (χ2n) is 13.8. The van der Waals surface area contributed by atoms with Crippen molar-refractivity contribution in [1.29, 1.82) is 0 Å². The number of ketones is 1. The first kappa shape index (κ1) is 44.9. The predicted molar refractivity (Wildman–Crippen MR) is 233 cm³/mol. The number of pyridine rings is 1. The molecule has 1 aromatic heterocycles. The Balaban J connectivity index is 0.000000199. The third-order valence-corrected chi connectivity index (χ3v) is 16.6. The van der Waals surface area contributed by atoms with Crippen LogP contribution in [0.15, 0.2) is 193 Å². The summed E-state index contributed by atoms with van der Waals surface area (Å²) in [5, 5.41) is 15.1. The number of hydrogen-bond acceptors (Lipinski definition) is 5.